The maximum absolute atomic E-state index is 12.9. The first-order valence-corrected chi connectivity index (χ1v) is 8.43. The van der Waals surface area contributed by atoms with E-state index in [9.17, 15) is 14.0 Å². The van der Waals surface area contributed by atoms with Crippen LogP contribution in [-0.4, -0.2) is 31.2 Å². The molecule has 1 heterocycles. The van der Waals surface area contributed by atoms with Crippen molar-refractivity contribution in [2.45, 2.75) is 18.9 Å². The van der Waals surface area contributed by atoms with E-state index in [1.54, 1.807) is 24.3 Å². The van der Waals surface area contributed by atoms with E-state index in [4.69, 9.17) is 4.74 Å². The first kappa shape index (κ1) is 17.9. The first-order chi connectivity index (χ1) is 12.6. The highest BCUT2D eigenvalue weighted by atomic mass is 19.1. The average Bonchev–Trinajstić information content (AvgIpc) is 3.16. The lowest BCUT2D eigenvalue weighted by molar-refractivity contribution is 0.102. The number of benzene rings is 2. The van der Waals surface area contributed by atoms with Gasteiger partial charge in [-0.2, -0.15) is 0 Å². The molecule has 3 N–H and O–H groups in total. The molecule has 3 amide bonds. The summed E-state index contributed by atoms with van der Waals surface area (Å²) < 4.78 is 18.3. The zero-order chi connectivity index (χ0) is 18.4. The van der Waals surface area contributed by atoms with E-state index in [-0.39, 0.29) is 18.0 Å². The van der Waals surface area contributed by atoms with Crippen LogP contribution in [0, 0.1) is 5.82 Å². The highest BCUT2D eigenvalue weighted by Crippen LogP contribution is 2.15. The molecule has 136 valence electrons. The van der Waals surface area contributed by atoms with Crippen LogP contribution >= 0.6 is 0 Å². The Bertz CT molecular complexity index is 757. The smallest absolute Gasteiger partial charge is 0.319 e. The van der Waals surface area contributed by atoms with E-state index < -0.39 is 5.82 Å². The van der Waals surface area contributed by atoms with Gasteiger partial charge in [0.15, 0.2) is 0 Å². The van der Waals surface area contributed by atoms with Crippen LogP contribution in [0.5, 0.6) is 0 Å². The van der Waals surface area contributed by atoms with Gasteiger partial charge in [-0.3, -0.25) is 4.79 Å². The molecule has 0 spiro atoms. The van der Waals surface area contributed by atoms with E-state index in [1.165, 1.54) is 24.3 Å². The molecule has 1 unspecified atom stereocenters. The van der Waals surface area contributed by atoms with Crippen molar-refractivity contribution in [1.82, 2.24) is 5.32 Å². The van der Waals surface area contributed by atoms with Crippen molar-refractivity contribution in [3.63, 3.8) is 0 Å². The third kappa shape index (κ3) is 5.03. The van der Waals surface area contributed by atoms with Gasteiger partial charge in [0.25, 0.3) is 5.91 Å². The normalized spacial score (nSPS) is 16.1. The van der Waals surface area contributed by atoms with Crippen molar-refractivity contribution in [2.24, 2.45) is 0 Å². The highest BCUT2D eigenvalue weighted by molar-refractivity contribution is 6.04. The number of carbonyl (C=O) groups is 2. The molecule has 26 heavy (non-hydrogen) atoms. The minimum absolute atomic E-state index is 0.0878. The molecular formula is C19H20FN3O3. The Morgan fingerprint density at radius 1 is 1.00 bits per heavy atom. The molecule has 0 aromatic heterocycles. The number of amides is 3. The average molecular weight is 357 g/mol. The molecule has 0 radical (unpaired) electrons. The van der Waals surface area contributed by atoms with E-state index in [2.05, 4.69) is 16.0 Å². The van der Waals surface area contributed by atoms with Gasteiger partial charge in [0.05, 0.1) is 6.10 Å². The number of carbonyl (C=O) groups excluding carboxylic acids is 2. The van der Waals surface area contributed by atoms with Gasteiger partial charge >= 0.3 is 6.03 Å². The molecule has 2 aromatic rings. The van der Waals surface area contributed by atoms with Crippen molar-refractivity contribution in [2.75, 3.05) is 23.8 Å². The molecule has 0 saturated carbocycles. The second-order valence-corrected chi connectivity index (χ2v) is 6.01. The van der Waals surface area contributed by atoms with E-state index >= 15 is 0 Å². The summed E-state index contributed by atoms with van der Waals surface area (Å²) in [6, 6.07) is 11.7. The SMILES string of the molecule is O=C(NCC1CCCO1)Nc1ccc(NC(=O)c2ccc(F)cc2)cc1. The molecule has 2 aromatic carbocycles. The molecule has 1 saturated heterocycles. The van der Waals surface area contributed by atoms with E-state index in [1.807, 2.05) is 0 Å². The second-order valence-electron chi connectivity index (χ2n) is 6.01. The highest BCUT2D eigenvalue weighted by Gasteiger charge is 2.16. The van der Waals surface area contributed by atoms with Gasteiger partial charge in [-0.15, -0.1) is 0 Å². The first-order valence-electron chi connectivity index (χ1n) is 8.43. The Labute approximate surface area is 150 Å². The monoisotopic (exact) mass is 357 g/mol. The summed E-state index contributed by atoms with van der Waals surface area (Å²) >= 11 is 0. The fraction of sp³-hybridized carbons (Fsp3) is 0.263. The number of urea groups is 1. The van der Waals surface area contributed by atoms with Crippen molar-refractivity contribution in [3.05, 3.63) is 59.9 Å². The van der Waals surface area contributed by atoms with Crippen LogP contribution in [0.1, 0.15) is 23.2 Å². The Morgan fingerprint density at radius 3 is 2.27 bits per heavy atom. The number of hydrogen-bond donors (Lipinski definition) is 3. The van der Waals surface area contributed by atoms with Gasteiger partial charge in [-0.1, -0.05) is 0 Å². The Kier molecular flexibility index (Phi) is 5.80. The van der Waals surface area contributed by atoms with Crippen molar-refractivity contribution < 1.29 is 18.7 Å². The van der Waals surface area contributed by atoms with Crippen LogP contribution in [0.25, 0.3) is 0 Å². The number of halogens is 1. The molecule has 6 nitrogen and oxygen atoms in total. The van der Waals surface area contributed by atoms with Crippen molar-refractivity contribution in [3.8, 4) is 0 Å². The molecule has 0 bridgehead atoms. The van der Waals surface area contributed by atoms with Gasteiger partial charge in [0.1, 0.15) is 5.82 Å². The fourth-order valence-electron chi connectivity index (χ4n) is 2.63. The lowest BCUT2D eigenvalue weighted by atomic mass is 10.2. The number of hydrogen-bond acceptors (Lipinski definition) is 3. The summed E-state index contributed by atoms with van der Waals surface area (Å²) in [5.74, 6) is -0.727. The molecule has 7 heteroatoms. The molecule has 0 aliphatic carbocycles. The third-order valence-corrected chi connectivity index (χ3v) is 4.02. The molecular weight excluding hydrogens is 337 g/mol. The van der Waals surface area contributed by atoms with Crippen LogP contribution in [0.15, 0.2) is 48.5 Å². The second kappa shape index (κ2) is 8.44. The third-order valence-electron chi connectivity index (χ3n) is 4.02. The van der Waals surface area contributed by atoms with Crippen LogP contribution in [0.2, 0.25) is 0 Å². The molecule has 1 fully saturated rings. The fourth-order valence-corrected chi connectivity index (χ4v) is 2.63. The molecule has 3 rings (SSSR count). The van der Waals surface area contributed by atoms with E-state index in [0.29, 0.717) is 23.5 Å². The summed E-state index contributed by atoms with van der Waals surface area (Å²) in [5.41, 5.74) is 1.54. The van der Waals surface area contributed by atoms with Gasteiger partial charge in [0.2, 0.25) is 0 Å². The van der Waals surface area contributed by atoms with Crippen LogP contribution in [0.4, 0.5) is 20.6 Å². The Hall–Kier alpha value is -2.93. The summed E-state index contributed by atoms with van der Waals surface area (Å²) in [5, 5.41) is 8.21. The van der Waals surface area contributed by atoms with Gasteiger partial charge in [-0.25, -0.2) is 9.18 Å². The summed E-state index contributed by atoms with van der Waals surface area (Å²) in [6.07, 6.45) is 2.08. The van der Waals surface area contributed by atoms with E-state index in [0.717, 1.165) is 19.4 Å². The number of nitrogens with one attached hydrogen (secondary N) is 3. The zero-order valence-corrected chi connectivity index (χ0v) is 14.1. The van der Waals surface area contributed by atoms with Crippen LogP contribution in [0.3, 0.4) is 0 Å². The summed E-state index contributed by atoms with van der Waals surface area (Å²) in [4.78, 5) is 23.9. The molecule has 1 atom stereocenters. The topological polar surface area (TPSA) is 79.5 Å². The maximum Gasteiger partial charge on any atom is 0.319 e. The minimum Gasteiger partial charge on any atom is -0.376 e. The van der Waals surface area contributed by atoms with Gasteiger partial charge in [-0.05, 0) is 61.4 Å². The minimum atomic E-state index is -0.394. The molecule has 1 aliphatic rings. The Morgan fingerprint density at radius 2 is 1.65 bits per heavy atom. The van der Waals surface area contributed by atoms with Gasteiger partial charge < -0.3 is 20.7 Å². The standard InChI is InChI=1S/C19H20FN3O3/c20-14-5-3-13(4-6-14)18(24)22-15-7-9-16(10-8-15)23-19(25)21-12-17-2-1-11-26-17/h3-10,17H,1-2,11-12H2,(H,22,24)(H2,21,23,25). The Balaban J connectivity index is 1.48. The van der Waals surface area contributed by atoms with Crippen LogP contribution in [-0.2, 0) is 4.74 Å². The van der Waals surface area contributed by atoms with Crippen molar-refractivity contribution in [1.29, 1.82) is 0 Å². The summed E-state index contributed by atoms with van der Waals surface area (Å²) in [6.45, 7) is 1.23. The quantitative estimate of drug-likeness (QED) is 0.767. The van der Waals surface area contributed by atoms with Gasteiger partial charge in [0, 0.05) is 30.1 Å². The number of anilines is 2. The number of ether oxygens (including phenoxy) is 1. The predicted molar refractivity (Wildman–Crippen MR) is 96.8 cm³/mol. The van der Waals surface area contributed by atoms with Crippen LogP contribution < -0.4 is 16.0 Å². The maximum atomic E-state index is 12.9. The largest absolute Gasteiger partial charge is 0.376 e. The lowest BCUT2D eigenvalue weighted by Crippen LogP contribution is -2.35. The lowest BCUT2D eigenvalue weighted by Gasteiger charge is -2.12. The van der Waals surface area contributed by atoms with Crippen molar-refractivity contribution >= 4 is 23.3 Å². The zero-order valence-electron chi connectivity index (χ0n) is 14.1. The summed E-state index contributed by atoms with van der Waals surface area (Å²) in [7, 11) is 0. The predicted octanol–water partition coefficient (Wildman–Crippen LogP) is 3.38. The molecule has 1 aliphatic heterocycles. The number of rotatable bonds is 5.